The smallest absolute Gasteiger partial charge is 0.119 e. The van der Waals surface area contributed by atoms with Gasteiger partial charge in [0, 0.05) is 12.1 Å². The molecule has 16 heavy (non-hydrogen) atoms. The number of methoxy groups -OCH3 is 1. The van der Waals surface area contributed by atoms with E-state index in [2.05, 4.69) is 18.3 Å². The molecule has 0 aliphatic carbocycles. The molecule has 3 heteroatoms. The molecule has 1 aromatic rings. The highest BCUT2D eigenvalue weighted by Gasteiger charge is 2.12. The summed E-state index contributed by atoms with van der Waals surface area (Å²) in [6, 6.07) is 8.40. The summed E-state index contributed by atoms with van der Waals surface area (Å²) in [6.45, 7) is 4.25. The molecule has 0 radical (unpaired) electrons. The number of aliphatic hydroxyl groups excluding tert-OH is 1. The van der Waals surface area contributed by atoms with Gasteiger partial charge in [-0.2, -0.15) is 0 Å². The molecule has 1 aromatic carbocycles. The van der Waals surface area contributed by atoms with E-state index in [1.165, 1.54) is 5.56 Å². The van der Waals surface area contributed by atoms with Gasteiger partial charge < -0.3 is 15.2 Å². The first-order valence-electron chi connectivity index (χ1n) is 5.72. The van der Waals surface area contributed by atoms with E-state index in [0.717, 1.165) is 12.2 Å². The van der Waals surface area contributed by atoms with Gasteiger partial charge >= 0.3 is 0 Å². The van der Waals surface area contributed by atoms with E-state index >= 15 is 0 Å². The lowest BCUT2D eigenvalue weighted by Gasteiger charge is -2.21. The van der Waals surface area contributed by atoms with Crippen LogP contribution < -0.4 is 10.1 Å². The van der Waals surface area contributed by atoms with Crippen LogP contribution in [0.5, 0.6) is 5.75 Å². The molecule has 3 nitrogen and oxygen atoms in total. The molecule has 1 unspecified atom stereocenters. The number of hydrogen-bond acceptors (Lipinski definition) is 3. The van der Waals surface area contributed by atoms with Gasteiger partial charge in [-0.1, -0.05) is 19.1 Å². The molecule has 0 saturated carbocycles. The van der Waals surface area contributed by atoms with E-state index in [1.807, 2.05) is 25.1 Å². The van der Waals surface area contributed by atoms with Gasteiger partial charge in [0.05, 0.1) is 13.7 Å². The molecular formula is C13H21NO2. The van der Waals surface area contributed by atoms with Crippen LogP contribution in [0.3, 0.4) is 0 Å². The number of rotatable bonds is 6. The van der Waals surface area contributed by atoms with Crippen molar-refractivity contribution >= 4 is 0 Å². The maximum Gasteiger partial charge on any atom is 0.119 e. The monoisotopic (exact) mass is 223 g/mol. The van der Waals surface area contributed by atoms with Crippen LogP contribution in [0.4, 0.5) is 0 Å². The zero-order chi connectivity index (χ0) is 12.0. The van der Waals surface area contributed by atoms with Gasteiger partial charge in [-0.3, -0.25) is 0 Å². The lowest BCUT2D eigenvalue weighted by atomic mass is 10.0. The van der Waals surface area contributed by atoms with Crippen molar-refractivity contribution in [3.8, 4) is 5.75 Å². The van der Waals surface area contributed by atoms with Crippen LogP contribution in [0.25, 0.3) is 0 Å². The van der Waals surface area contributed by atoms with Crippen molar-refractivity contribution in [2.45, 2.75) is 32.4 Å². The standard InChI is InChI=1S/C13H21NO2/c1-4-13(14-10(2)9-15)11-6-5-7-12(8-11)16-3/h5-8,10,13-15H,4,9H2,1-3H3/t10-,13?/m1/s1. The Morgan fingerprint density at radius 2 is 2.19 bits per heavy atom. The molecule has 0 bridgehead atoms. The Balaban J connectivity index is 2.77. The van der Waals surface area contributed by atoms with E-state index in [0.29, 0.717) is 0 Å². The van der Waals surface area contributed by atoms with Gasteiger partial charge in [0.15, 0.2) is 0 Å². The summed E-state index contributed by atoms with van der Waals surface area (Å²) in [7, 11) is 1.67. The first-order valence-corrected chi connectivity index (χ1v) is 5.72. The van der Waals surface area contributed by atoms with Crippen LogP contribution in [0.2, 0.25) is 0 Å². The summed E-state index contributed by atoms with van der Waals surface area (Å²) >= 11 is 0. The van der Waals surface area contributed by atoms with Crippen LogP contribution >= 0.6 is 0 Å². The zero-order valence-electron chi connectivity index (χ0n) is 10.2. The molecule has 2 N–H and O–H groups in total. The Morgan fingerprint density at radius 1 is 1.44 bits per heavy atom. The fourth-order valence-corrected chi connectivity index (χ4v) is 1.70. The number of aliphatic hydroxyl groups is 1. The molecule has 2 atom stereocenters. The second-order valence-corrected chi connectivity index (χ2v) is 3.99. The summed E-state index contributed by atoms with van der Waals surface area (Å²) < 4.78 is 5.20. The minimum absolute atomic E-state index is 0.108. The number of nitrogens with one attached hydrogen (secondary N) is 1. The van der Waals surface area contributed by atoms with Gasteiger partial charge in [0.2, 0.25) is 0 Å². The van der Waals surface area contributed by atoms with Crippen molar-refractivity contribution in [2.24, 2.45) is 0 Å². The number of ether oxygens (including phenoxy) is 1. The second-order valence-electron chi connectivity index (χ2n) is 3.99. The Bertz CT molecular complexity index is 315. The van der Waals surface area contributed by atoms with Crippen LogP contribution in [-0.4, -0.2) is 24.9 Å². The van der Waals surface area contributed by atoms with E-state index < -0.39 is 0 Å². The predicted molar refractivity (Wildman–Crippen MR) is 65.7 cm³/mol. The summed E-state index contributed by atoms with van der Waals surface area (Å²) in [5, 5.41) is 12.4. The van der Waals surface area contributed by atoms with E-state index in [4.69, 9.17) is 9.84 Å². The van der Waals surface area contributed by atoms with Crippen molar-refractivity contribution in [3.05, 3.63) is 29.8 Å². The van der Waals surface area contributed by atoms with Crippen LogP contribution in [0.15, 0.2) is 24.3 Å². The Kier molecular flexibility index (Phi) is 5.29. The first kappa shape index (κ1) is 13.0. The predicted octanol–water partition coefficient (Wildman–Crippen LogP) is 2.12. The highest BCUT2D eigenvalue weighted by Crippen LogP contribution is 2.21. The summed E-state index contributed by atoms with van der Waals surface area (Å²) in [6.07, 6.45) is 0.984. The normalized spacial score (nSPS) is 14.5. The summed E-state index contributed by atoms with van der Waals surface area (Å²) in [5.74, 6) is 0.870. The summed E-state index contributed by atoms with van der Waals surface area (Å²) in [5.41, 5.74) is 1.20. The van der Waals surface area contributed by atoms with Gasteiger partial charge in [0.25, 0.3) is 0 Å². The Labute approximate surface area is 97.4 Å². The van der Waals surface area contributed by atoms with Gasteiger partial charge in [-0.25, -0.2) is 0 Å². The molecular weight excluding hydrogens is 202 g/mol. The second kappa shape index (κ2) is 6.51. The average molecular weight is 223 g/mol. The molecule has 1 rings (SSSR count). The lowest BCUT2D eigenvalue weighted by molar-refractivity contribution is 0.239. The van der Waals surface area contributed by atoms with Gasteiger partial charge in [-0.05, 0) is 31.0 Å². The number of hydrogen-bond donors (Lipinski definition) is 2. The average Bonchev–Trinajstić information content (AvgIpc) is 2.35. The van der Waals surface area contributed by atoms with E-state index in [1.54, 1.807) is 7.11 Å². The fraction of sp³-hybridized carbons (Fsp3) is 0.538. The molecule has 0 spiro atoms. The van der Waals surface area contributed by atoms with Crippen molar-refractivity contribution in [2.75, 3.05) is 13.7 Å². The largest absolute Gasteiger partial charge is 0.497 e. The maximum absolute atomic E-state index is 9.04. The lowest BCUT2D eigenvalue weighted by Crippen LogP contribution is -2.32. The molecule has 0 fully saturated rings. The van der Waals surface area contributed by atoms with Gasteiger partial charge in [-0.15, -0.1) is 0 Å². The zero-order valence-corrected chi connectivity index (χ0v) is 10.2. The van der Waals surface area contributed by atoms with Crippen molar-refractivity contribution in [1.29, 1.82) is 0 Å². The minimum Gasteiger partial charge on any atom is -0.497 e. The van der Waals surface area contributed by atoms with Crippen LogP contribution in [0, 0.1) is 0 Å². The topological polar surface area (TPSA) is 41.5 Å². The fourth-order valence-electron chi connectivity index (χ4n) is 1.70. The Hall–Kier alpha value is -1.06. The Morgan fingerprint density at radius 3 is 2.75 bits per heavy atom. The molecule has 0 aromatic heterocycles. The van der Waals surface area contributed by atoms with Crippen molar-refractivity contribution in [3.63, 3.8) is 0 Å². The van der Waals surface area contributed by atoms with Gasteiger partial charge in [0.1, 0.15) is 5.75 Å². The van der Waals surface area contributed by atoms with Crippen LogP contribution in [0.1, 0.15) is 31.9 Å². The molecule has 0 heterocycles. The minimum atomic E-state index is 0.108. The third-order valence-corrected chi connectivity index (χ3v) is 2.66. The third kappa shape index (κ3) is 3.51. The quantitative estimate of drug-likeness (QED) is 0.776. The molecule has 0 aliphatic rings. The number of benzene rings is 1. The molecule has 0 saturated heterocycles. The highest BCUT2D eigenvalue weighted by atomic mass is 16.5. The third-order valence-electron chi connectivity index (χ3n) is 2.66. The first-order chi connectivity index (χ1) is 7.71. The molecule has 0 aliphatic heterocycles. The molecule has 0 amide bonds. The SMILES string of the molecule is CCC(N[C@H](C)CO)c1cccc(OC)c1. The van der Waals surface area contributed by atoms with E-state index in [-0.39, 0.29) is 18.7 Å². The van der Waals surface area contributed by atoms with E-state index in [9.17, 15) is 0 Å². The molecule has 90 valence electrons. The maximum atomic E-state index is 9.04. The highest BCUT2D eigenvalue weighted by molar-refractivity contribution is 5.30. The van der Waals surface area contributed by atoms with Crippen LogP contribution in [-0.2, 0) is 0 Å². The van der Waals surface area contributed by atoms with Crippen molar-refractivity contribution < 1.29 is 9.84 Å². The summed E-state index contributed by atoms with van der Waals surface area (Å²) in [4.78, 5) is 0. The van der Waals surface area contributed by atoms with Crippen molar-refractivity contribution in [1.82, 2.24) is 5.32 Å².